The zero-order valence-electron chi connectivity index (χ0n) is 11.8. The summed E-state index contributed by atoms with van der Waals surface area (Å²) in [7, 11) is 0. The van der Waals surface area contributed by atoms with E-state index in [4.69, 9.17) is 10.4 Å². The predicted octanol–water partition coefficient (Wildman–Crippen LogP) is 3.04. The Bertz CT molecular complexity index is 583. The van der Waals surface area contributed by atoms with Gasteiger partial charge in [-0.2, -0.15) is 5.26 Å². The quantitative estimate of drug-likeness (QED) is 0.850. The summed E-state index contributed by atoms with van der Waals surface area (Å²) in [5.74, 6) is -0.951. The van der Waals surface area contributed by atoms with Crippen LogP contribution in [0.4, 0.5) is 10.5 Å². The molecule has 7 heteroatoms. The Labute approximate surface area is 131 Å². The average Bonchev–Trinajstić information content (AvgIpc) is 2.41. The minimum Gasteiger partial charge on any atom is -0.481 e. The van der Waals surface area contributed by atoms with Gasteiger partial charge in [0.2, 0.25) is 0 Å². The number of hydrogen-bond donors (Lipinski definition) is 2. The Morgan fingerprint density at radius 1 is 1.52 bits per heavy atom. The Balaban J connectivity index is 2.83. The minimum absolute atomic E-state index is 0.115. The van der Waals surface area contributed by atoms with Crippen LogP contribution in [0.2, 0.25) is 0 Å². The molecule has 0 aliphatic rings. The Morgan fingerprint density at radius 3 is 2.67 bits per heavy atom. The third kappa shape index (κ3) is 4.76. The minimum atomic E-state index is -0.951. The van der Waals surface area contributed by atoms with Crippen LogP contribution in [0, 0.1) is 11.3 Å². The highest BCUT2D eigenvalue weighted by atomic mass is 79.9. The van der Waals surface area contributed by atoms with Crippen molar-refractivity contribution in [1.82, 2.24) is 4.90 Å². The lowest BCUT2D eigenvalue weighted by Crippen LogP contribution is -2.42. The van der Waals surface area contributed by atoms with Gasteiger partial charge in [0.1, 0.15) is 0 Å². The number of carbonyl (C=O) groups excluding carboxylic acids is 1. The lowest BCUT2D eigenvalue weighted by Gasteiger charge is -2.27. The van der Waals surface area contributed by atoms with Crippen LogP contribution in [0.1, 0.15) is 25.8 Å². The number of carboxylic acids is 1. The number of carbonyl (C=O) groups is 2. The molecule has 1 unspecified atom stereocenters. The van der Waals surface area contributed by atoms with E-state index in [1.54, 1.807) is 32.0 Å². The van der Waals surface area contributed by atoms with Crippen LogP contribution in [0.3, 0.4) is 0 Å². The smallest absolute Gasteiger partial charge is 0.322 e. The first-order valence-corrected chi connectivity index (χ1v) is 7.17. The van der Waals surface area contributed by atoms with Gasteiger partial charge in [0.15, 0.2) is 0 Å². The van der Waals surface area contributed by atoms with Crippen LogP contribution in [-0.2, 0) is 4.79 Å². The summed E-state index contributed by atoms with van der Waals surface area (Å²) in [5.41, 5.74) is 1.01. The molecule has 2 N–H and O–H groups in total. The number of nitriles is 1. The monoisotopic (exact) mass is 353 g/mol. The van der Waals surface area contributed by atoms with Crippen molar-refractivity contribution in [3.05, 3.63) is 28.2 Å². The number of amides is 2. The number of benzene rings is 1. The van der Waals surface area contributed by atoms with E-state index in [0.29, 0.717) is 22.3 Å². The highest BCUT2D eigenvalue weighted by molar-refractivity contribution is 9.10. The van der Waals surface area contributed by atoms with Crippen LogP contribution in [-0.4, -0.2) is 34.6 Å². The van der Waals surface area contributed by atoms with Gasteiger partial charge in [0.25, 0.3) is 0 Å². The third-order valence-corrected chi connectivity index (χ3v) is 3.60. The van der Waals surface area contributed by atoms with Crippen molar-refractivity contribution in [3.8, 4) is 6.07 Å². The molecule has 1 aromatic rings. The van der Waals surface area contributed by atoms with Gasteiger partial charge < -0.3 is 15.3 Å². The number of carboxylic acid groups (broad SMARTS) is 1. The number of rotatable bonds is 5. The number of aliphatic carboxylic acids is 1. The molecule has 0 heterocycles. The van der Waals surface area contributed by atoms with Crippen molar-refractivity contribution in [2.45, 2.75) is 26.3 Å². The summed E-state index contributed by atoms with van der Waals surface area (Å²) in [5, 5.41) is 20.3. The van der Waals surface area contributed by atoms with E-state index in [9.17, 15) is 9.59 Å². The number of urea groups is 1. The topological polar surface area (TPSA) is 93.4 Å². The molecule has 1 atom stereocenters. The largest absolute Gasteiger partial charge is 0.481 e. The van der Waals surface area contributed by atoms with Gasteiger partial charge in [-0.25, -0.2) is 4.79 Å². The zero-order valence-corrected chi connectivity index (χ0v) is 13.3. The molecule has 112 valence electrons. The third-order valence-electron chi connectivity index (χ3n) is 2.94. The van der Waals surface area contributed by atoms with Gasteiger partial charge in [-0.1, -0.05) is 0 Å². The molecule has 0 radical (unpaired) electrons. The first-order valence-electron chi connectivity index (χ1n) is 6.38. The van der Waals surface area contributed by atoms with Gasteiger partial charge in [0.05, 0.1) is 23.7 Å². The fraction of sp³-hybridized carbons (Fsp3) is 0.357. The van der Waals surface area contributed by atoms with Crippen LogP contribution < -0.4 is 5.32 Å². The zero-order chi connectivity index (χ0) is 16.0. The van der Waals surface area contributed by atoms with Crippen molar-refractivity contribution in [1.29, 1.82) is 5.26 Å². The Kier molecular flexibility index (Phi) is 6.18. The van der Waals surface area contributed by atoms with Gasteiger partial charge in [-0.15, -0.1) is 0 Å². The molecule has 0 fully saturated rings. The van der Waals surface area contributed by atoms with Gasteiger partial charge in [-0.05, 0) is 48.0 Å². The number of anilines is 1. The predicted molar refractivity (Wildman–Crippen MR) is 82.0 cm³/mol. The molecule has 0 aromatic heterocycles. The normalized spacial score (nSPS) is 11.3. The standard InChI is InChI=1S/C14H16BrN3O3/c1-3-18(9(2)6-13(19)20)14(21)17-12-5-4-10(8-16)7-11(12)15/h4-5,7,9H,3,6H2,1-2H3,(H,17,21)(H,19,20). The molecule has 2 amide bonds. The van der Waals surface area contributed by atoms with Gasteiger partial charge in [0, 0.05) is 17.1 Å². The van der Waals surface area contributed by atoms with Gasteiger partial charge in [-0.3, -0.25) is 4.79 Å². The summed E-state index contributed by atoms with van der Waals surface area (Å²) in [6.45, 7) is 3.87. The van der Waals surface area contributed by atoms with E-state index in [1.165, 1.54) is 4.90 Å². The molecule has 0 bridgehead atoms. The number of halogens is 1. The highest BCUT2D eigenvalue weighted by Gasteiger charge is 2.21. The van der Waals surface area contributed by atoms with Crippen LogP contribution >= 0.6 is 15.9 Å². The molecule has 0 saturated carbocycles. The fourth-order valence-electron chi connectivity index (χ4n) is 1.89. The highest BCUT2D eigenvalue weighted by Crippen LogP contribution is 2.24. The molecule has 0 spiro atoms. The van der Waals surface area contributed by atoms with Crippen molar-refractivity contribution in [2.24, 2.45) is 0 Å². The number of hydrogen-bond acceptors (Lipinski definition) is 3. The summed E-state index contributed by atoms with van der Waals surface area (Å²) < 4.78 is 0.594. The van der Waals surface area contributed by atoms with E-state index < -0.39 is 12.0 Å². The van der Waals surface area contributed by atoms with Crippen LogP contribution in [0.25, 0.3) is 0 Å². The molecule has 1 rings (SSSR count). The molecule has 21 heavy (non-hydrogen) atoms. The van der Waals surface area contributed by atoms with Crippen molar-refractivity contribution < 1.29 is 14.7 Å². The van der Waals surface area contributed by atoms with E-state index in [0.717, 1.165) is 0 Å². The lowest BCUT2D eigenvalue weighted by atomic mass is 10.2. The maximum atomic E-state index is 12.2. The Morgan fingerprint density at radius 2 is 2.19 bits per heavy atom. The second-order valence-electron chi connectivity index (χ2n) is 4.47. The summed E-state index contributed by atoms with van der Waals surface area (Å²) >= 11 is 3.29. The van der Waals surface area contributed by atoms with Crippen molar-refractivity contribution in [2.75, 3.05) is 11.9 Å². The van der Waals surface area contributed by atoms with Crippen molar-refractivity contribution in [3.63, 3.8) is 0 Å². The maximum absolute atomic E-state index is 12.2. The van der Waals surface area contributed by atoms with E-state index >= 15 is 0 Å². The number of nitrogens with zero attached hydrogens (tertiary/aromatic N) is 2. The first-order chi connectivity index (χ1) is 9.88. The molecule has 0 aliphatic carbocycles. The molecular weight excluding hydrogens is 338 g/mol. The van der Waals surface area contributed by atoms with Gasteiger partial charge >= 0.3 is 12.0 Å². The molecule has 6 nitrogen and oxygen atoms in total. The van der Waals surface area contributed by atoms with Crippen molar-refractivity contribution >= 4 is 33.6 Å². The summed E-state index contributed by atoms with van der Waals surface area (Å²) in [4.78, 5) is 24.4. The first kappa shape index (κ1) is 17.0. The molecule has 0 saturated heterocycles. The summed E-state index contributed by atoms with van der Waals surface area (Å²) in [6, 6.07) is 6.03. The molecule has 1 aromatic carbocycles. The van der Waals surface area contributed by atoms with Crippen LogP contribution in [0.5, 0.6) is 0 Å². The van der Waals surface area contributed by atoms with E-state index in [1.807, 2.05) is 6.07 Å². The van der Waals surface area contributed by atoms with Crippen LogP contribution in [0.15, 0.2) is 22.7 Å². The second kappa shape index (κ2) is 7.64. The molecular formula is C14H16BrN3O3. The maximum Gasteiger partial charge on any atom is 0.322 e. The Hall–Kier alpha value is -2.07. The fourth-order valence-corrected chi connectivity index (χ4v) is 2.37. The lowest BCUT2D eigenvalue weighted by molar-refractivity contribution is -0.137. The molecule has 0 aliphatic heterocycles. The SMILES string of the molecule is CCN(C(=O)Nc1ccc(C#N)cc1Br)C(C)CC(=O)O. The average molecular weight is 354 g/mol. The number of nitrogens with one attached hydrogen (secondary N) is 1. The van der Waals surface area contributed by atoms with E-state index in [-0.39, 0.29) is 12.5 Å². The second-order valence-corrected chi connectivity index (χ2v) is 5.32. The summed E-state index contributed by atoms with van der Waals surface area (Å²) in [6.07, 6.45) is -0.115. The van der Waals surface area contributed by atoms with E-state index in [2.05, 4.69) is 21.2 Å².